The van der Waals surface area contributed by atoms with Crippen LogP contribution in [0.1, 0.15) is 12.8 Å². The largest absolute Gasteiger partial charge is 0.452 e. The fraction of sp³-hybridized carbons (Fsp3) is 0.176. The number of amides is 1. The fourth-order valence-electron chi connectivity index (χ4n) is 2.74. The molecule has 0 spiro atoms. The molecule has 0 radical (unpaired) electrons. The average Bonchev–Trinajstić information content (AvgIpc) is 3.23. The summed E-state index contributed by atoms with van der Waals surface area (Å²) in [5.74, 6) is -4.42. The van der Waals surface area contributed by atoms with Crippen LogP contribution in [0.3, 0.4) is 0 Å². The molecule has 1 fully saturated rings. The van der Waals surface area contributed by atoms with Crippen LogP contribution < -0.4 is 5.32 Å². The fourth-order valence-corrected chi connectivity index (χ4v) is 2.74. The van der Waals surface area contributed by atoms with Crippen molar-refractivity contribution in [3.05, 3.63) is 47.9 Å². The first kappa shape index (κ1) is 17.0. The average molecular weight is 376 g/mol. The zero-order chi connectivity index (χ0) is 19.1. The van der Waals surface area contributed by atoms with Crippen molar-refractivity contribution in [1.82, 2.24) is 14.6 Å². The molecule has 2 aromatic heterocycles. The minimum absolute atomic E-state index is 0.0362. The predicted octanol–water partition coefficient (Wildman–Crippen LogP) is 2.46. The van der Waals surface area contributed by atoms with E-state index in [1.165, 1.54) is 22.8 Å². The number of aromatic nitrogens is 3. The van der Waals surface area contributed by atoms with E-state index < -0.39 is 35.4 Å². The number of nitrogens with zero attached hydrogens (tertiary/aromatic N) is 3. The van der Waals surface area contributed by atoms with Gasteiger partial charge >= 0.3 is 5.97 Å². The minimum atomic E-state index is -1.28. The number of rotatable bonds is 3. The van der Waals surface area contributed by atoms with E-state index in [0.717, 1.165) is 6.07 Å². The summed E-state index contributed by atoms with van der Waals surface area (Å²) in [6.45, 7) is 0. The van der Waals surface area contributed by atoms with Crippen molar-refractivity contribution >= 4 is 23.5 Å². The number of anilines is 1. The molecule has 0 aliphatic carbocycles. The third-order valence-corrected chi connectivity index (χ3v) is 4.06. The molecule has 7 nitrogen and oxygen atoms in total. The molecule has 4 rings (SSSR count). The number of benzene rings is 1. The number of nitrogens with one attached hydrogen (secondary N) is 1. The second-order valence-corrected chi connectivity index (χ2v) is 5.91. The first-order chi connectivity index (χ1) is 12.9. The Bertz CT molecular complexity index is 1080. The van der Waals surface area contributed by atoms with E-state index >= 15 is 0 Å². The van der Waals surface area contributed by atoms with Crippen LogP contribution in [0.15, 0.2) is 30.5 Å². The molecule has 1 N–H and O–H groups in total. The maximum absolute atomic E-state index is 13.9. The summed E-state index contributed by atoms with van der Waals surface area (Å²) in [6, 6.07) is 4.16. The van der Waals surface area contributed by atoms with Gasteiger partial charge in [0.15, 0.2) is 23.4 Å². The quantitative estimate of drug-likeness (QED) is 0.561. The lowest BCUT2D eigenvalue weighted by Gasteiger charge is -2.06. The van der Waals surface area contributed by atoms with Crippen LogP contribution in [0, 0.1) is 17.5 Å². The van der Waals surface area contributed by atoms with Crippen molar-refractivity contribution in [2.75, 3.05) is 5.32 Å². The Kier molecular flexibility index (Phi) is 4.02. The summed E-state index contributed by atoms with van der Waals surface area (Å²) in [5, 5.41) is 6.48. The highest BCUT2D eigenvalue weighted by atomic mass is 19.2. The molecule has 1 aliphatic rings. The Balaban J connectivity index is 1.61. The smallest absolute Gasteiger partial charge is 0.306 e. The highest BCUT2D eigenvalue weighted by Crippen LogP contribution is 2.25. The van der Waals surface area contributed by atoms with Crippen LogP contribution in [0.5, 0.6) is 0 Å². The van der Waals surface area contributed by atoms with E-state index in [2.05, 4.69) is 15.4 Å². The molecule has 1 atom stereocenters. The van der Waals surface area contributed by atoms with Crippen molar-refractivity contribution in [2.24, 2.45) is 0 Å². The lowest BCUT2D eigenvalue weighted by molar-refractivity contribution is -0.146. The molecule has 0 bridgehead atoms. The highest BCUT2D eigenvalue weighted by Gasteiger charge is 2.30. The molecular formula is C17H11F3N4O3. The molecule has 0 saturated carbocycles. The summed E-state index contributed by atoms with van der Waals surface area (Å²) in [4.78, 5) is 27.2. The number of halogens is 3. The Labute approximate surface area is 149 Å². The van der Waals surface area contributed by atoms with Crippen molar-refractivity contribution in [2.45, 2.75) is 18.9 Å². The SMILES string of the molecule is O=C1CC[C@H](C(=O)Nc2nc3ccc(-c4cc(F)c(F)cc4F)cn3n2)O1. The van der Waals surface area contributed by atoms with E-state index in [0.29, 0.717) is 11.7 Å². The van der Waals surface area contributed by atoms with Gasteiger partial charge in [-0.3, -0.25) is 14.9 Å². The summed E-state index contributed by atoms with van der Waals surface area (Å²) in [5.41, 5.74) is 0.432. The topological polar surface area (TPSA) is 85.6 Å². The second-order valence-electron chi connectivity index (χ2n) is 5.91. The molecule has 138 valence electrons. The van der Waals surface area contributed by atoms with Gasteiger partial charge in [-0.2, -0.15) is 4.98 Å². The minimum Gasteiger partial charge on any atom is -0.452 e. The van der Waals surface area contributed by atoms with Crippen molar-refractivity contribution in [3.63, 3.8) is 0 Å². The molecule has 27 heavy (non-hydrogen) atoms. The number of hydrogen-bond donors (Lipinski definition) is 1. The molecule has 1 aromatic carbocycles. The summed E-state index contributed by atoms with van der Waals surface area (Å²) in [6.07, 6.45) is 0.914. The van der Waals surface area contributed by atoms with Gasteiger partial charge in [-0.25, -0.2) is 17.7 Å². The molecule has 10 heteroatoms. The van der Waals surface area contributed by atoms with Gasteiger partial charge in [0.25, 0.3) is 5.91 Å². The number of esters is 1. The number of hydrogen-bond acceptors (Lipinski definition) is 5. The van der Waals surface area contributed by atoms with Crippen LogP contribution >= 0.6 is 0 Å². The van der Waals surface area contributed by atoms with Gasteiger partial charge < -0.3 is 4.74 Å². The Morgan fingerprint density at radius 1 is 1.19 bits per heavy atom. The van der Waals surface area contributed by atoms with E-state index in [1.807, 2.05) is 0 Å². The molecule has 3 heterocycles. The highest BCUT2D eigenvalue weighted by molar-refractivity contribution is 5.95. The third-order valence-electron chi connectivity index (χ3n) is 4.06. The molecular weight excluding hydrogens is 365 g/mol. The number of carbonyl (C=O) groups excluding carboxylic acids is 2. The normalized spacial score (nSPS) is 16.6. The first-order valence-corrected chi connectivity index (χ1v) is 7.92. The second kappa shape index (κ2) is 6.38. The van der Waals surface area contributed by atoms with Gasteiger partial charge in [0.2, 0.25) is 5.95 Å². The summed E-state index contributed by atoms with van der Waals surface area (Å²) >= 11 is 0. The van der Waals surface area contributed by atoms with E-state index in [9.17, 15) is 22.8 Å². The number of ether oxygens (including phenoxy) is 1. The van der Waals surface area contributed by atoms with E-state index in [4.69, 9.17) is 4.74 Å². The Morgan fingerprint density at radius 3 is 2.70 bits per heavy atom. The first-order valence-electron chi connectivity index (χ1n) is 7.92. The Morgan fingerprint density at radius 2 is 1.96 bits per heavy atom. The van der Waals surface area contributed by atoms with Gasteiger partial charge in [0.05, 0.1) is 0 Å². The van der Waals surface area contributed by atoms with Crippen molar-refractivity contribution < 1.29 is 27.5 Å². The number of cyclic esters (lactones) is 1. The van der Waals surface area contributed by atoms with Crippen LogP contribution in [-0.4, -0.2) is 32.6 Å². The van der Waals surface area contributed by atoms with Gasteiger partial charge in [-0.05, 0) is 18.2 Å². The van der Waals surface area contributed by atoms with Gasteiger partial charge in [-0.15, -0.1) is 5.10 Å². The number of fused-ring (bicyclic) bond motifs is 1. The van der Waals surface area contributed by atoms with Gasteiger partial charge in [0, 0.05) is 36.2 Å². The third kappa shape index (κ3) is 3.21. The number of carbonyl (C=O) groups is 2. The van der Waals surface area contributed by atoms with Crippen LogP contribution in [0.25, 0.3) is 16.8 Å². The Hall–Kier alpha value is -3.43. The standard InChI is InChI=1S/C17H11F3N4O3/c18-10-6-12(20)11(19)5-9(10)8-1-3-14-21-17(23-24(14)7-8)22-16(26)13-2-4-15(25)27-13/h1,3,5-7,13H,2,4H2,(H,22,23,26)/t13-/m1/s1. The zero-order valence-electron chi connectivity index (χ0n) is 13.6. The number of pyridine rings is 1. The molecule has 1 amide bonds. The van der Waals surface area contributed by atoms with E-state index in [1.54, 1.807) is 0 Å². The maximum atomic E-state index is 13.9. The van der Waals surface area contributed by atoms with Crippen molar-refractivity contribution in [3.8, 4) is 11.1 Å². The van der Waals surface area contributed by atoms with Gasteiger partial charge in [-0.1, -0.05) is 0 Å². The lowest BCUT2D eigenvalue weighted by Crippen LogP contribution is -2.27. The predicted molar refractivity (Wildman–Crippen MR) is 86.0 cm³/mol. The molecule has 3 aromatic rings. The summed E-state index contributed by atoms with van der Waals surface area (Å²) < 4.78 is 46.6. The lowest BCUT2D eigenvalue weighted by atomic mass is 10.1. The van der Waals surface area contributed by atoms with Crippen molar-refractivity contribution in [1.29, 1.82) is 0 Å². The molecule has 1 aliphatic heterocycles. The molecule has 0 unspecified atom stereocenters. The monoisotopic (exact) mass is 376 g/mol. The zero-order valence-corrected chi connectivity index (χ0v) is 13.6. The molecule has 1 saturated heterocycles. The summed E-state index contributed by atoms with van der Waals surface area (Å²) in [7, 11) is 0. The van der Waals surface area contributed by atoms with Crippen LogP contribution in [0.4, 0.5) is 19.1 Å². The van der Waals surface area contributed by atoms with Crippen LogP contribution in [0.2, 0.25) is 0 Å². The van der Waals surface area contributed by atoms with E-state index in [-0.39, 0.29) is 29.9 Å². The van der Waals surface area contributed by atoms with Gasteiger partial charge in [0.1, 0.15) is 5.82 Å². The van der Waals surface area contributed by atoms with Crippen LogP contribution in [-0.2, 0) is 14.3 Å². The maximum Gasteiger partial charge on any atom is 0.306 e.